The summed E-state index contributed by atoms with van der Waals surface area (Å²) < 4.78 is 6.66. The van der Waals surface area contributed by atoms with Gasteiger partial charge in [0.2, 0.25) is 0 Å². The van der Waals surface area contributed by atoms with Crippen LogP contribution in [0, 0.1) is 6.92 Å². The molecule has 0 unspecified atom stereocenters. The molecular formula is C13H16N2O2. The van der Waals surface area contributed by atoms with Crippen LogP contribution < -0.4 is 5.73 Å². The van der Waals surface area contributed by atoms with Crippen molar-refractivity contribution in [1.29, 1.82) is 0 Å². The number of aryl methyl sites for hydroxylation is 2. The molecule has 2 N–H and O–H groups in total. The fourth-order valence-corrected chi connectivity index (χ4v) is 2.19. The summed E-state index contributed by atoms with van der Waals surface area (Å²) in [7, 11) is 3.26. The highest BCUT2D eigenvalue weighted by Gasteiger charge is 2.18. The first kappa shape index (κ1) is 11.7. The molecule has 17 heavy (non-hydrogen) atoms. The van der Waals surface area contributed by atoms with Crippen LogP contribution in [-0.4, -0.2) is 17.6 Å². The third-order valence-electron chi connectivity index (χ3n) is 3.13. The lowest BCUT2D eigenvalue weighted by Gasteiger charge is -2.02. The van der Waals surface area contributed by atoms with Crippen LogP contribution >= 0.6 is 0 Å². The molecule has 0 aliphatic rings. The van der Waals surface area contributed by atoms with E-state index >= 15 is 0 Å². The van der Waals surface area contributed by atoms with E-state index in [2.05, 4.69) is 0 Å². The second-order valence-corrected chi connectivity index (χ2v) is 4.08. The number of nitrogens with two attached hydrogens (primary N) is 1. The van der Waals surface area contributed by atoms with Gasteiger partial charge >= 0.3 is 5.97 Å². The molecule has 0 radical (unpaired) electrons. The largest absolute Gasteiger partial charge is 0.464 e. The normalized spacial score (nSPS) is 10.8. The Hall–Kier alpha value is -1.81. The summed E-state index contributed by atoms with van der Waals surface area (Å²) in [5, 5.41) is 1.05. The molecule has 0 atom stereocenters. The van der Waals surface area contributed by atoms with Crippen LogP contribution in [0.3, 0.4) is 0 Å². The molecule has 0 saturated heterocycles. The molecule has 4 heteroatoms. The highest BCUT2D eigenvalue weighted by atomic mass is 16.5. The lowest BCUT2D eigenvalue weighted by Crippen LogP contribution is -2.08. The number of benzene rings is 1. The van der Waals surface area contributed by atoms with Gasteiger partial charge in [0, 0.05) is 24.5 Å². The molecule has 0 aliphatic carbocycles. The maximum Gasteiger partial charge on any atom is 0.354 e. The van der Waals surface area contributed by atoms with E-state index in [0.717, 1.165) is 22.0 Å². The Morgan fingerprint density at radius 2 is 2.18 bits per heavy atom. The average molecular weight is 232 g/mol. The summed E-state index contributed by atoms with van der Waals surface area (Å²) in [4.78, 5) is 11.7. The minimum Gasteiger partial charge on any atom is -0.464 e. The van der Waals surface area contributed by atoms with E-state index in [4.69, 9.17) is 10.5 Å². The first-order chi connectivity index (χ1) is 8.10. The van der Waals surface area contributed by atoms with Crippen molar-refractivity contribution in [2.45, 2.75) is 13.5 Å². The van der Waals surface area contributed by atoms with Crippen LogP contribution in [0.4, 0.5) is 0 Å². The minimum absolute atomic E-state index is 0.310. The Morgan fingerprint density at radius 1 is 1.47 bits per heavy atom. The molecule has 1 aromatic heterocycles. The second-order valence-electron chi connectivity index (χ2n) is 4.08. The van der Waals surface area contributed by atoms with E-state index in [0.29, 0.717) is 12.2 Å². The molecular weight excluding hydrogens is 216 g/mol. The topological polar surface area (TPSA) is 57.2 Å². The Balaban J connectivity index is 2.75. The Morgan fingerprint density at radius 3 is 2.76 bits per heavy atom. The molecule has 1 heterocycles. The minimum atomic E-state index is -0.310. The number of hydrogen-bond acceptors (Lipinski definition) is 3. The van der Waals surface area contributed by atoms with Crippen molar-refractivity contribution in [2.24, 2.45) is 12.8 Å². The van der Waals surface area contributed by atoms with E-state index in [-0.39, 0.29) is 5.97 Å². The van der Waals surface area contributed by atoms with Crippen molar-refractivity contribution in [3.05, 3.63) is 35.0 Å². The van der Waals surface area contributed by atoms with Crippen molar-refractivity contribution < 1.29 is 9.53 Å². The van der Waals surface area contributed by atoms with Gasteiger partial charge in [-0.25, -0.2) is 4.79 Å². The van der Waals surface area contributed by atoms with E-state index in [1.807, 2.05) is 36.7 Å². The number of rotatable bonds is 2. The highest BCUT2D eigenvalue weighted by molar-refractivity contribution is 5.99. The number of fused-ring (bicyclic) bond motifs is 1. The van der Waals surface area contributed by atoms with Crippen molar-refractivity contribution in [3.8, 4) is 0 Å². The summed E-state index contributed by atoms with van der Waals surface area (Å²) in [6, 6.07) is 5.98. The monoisotopic (exact) mass is 232 g/mol. The lowest BCUT2D eigenvalue weighted by atomic mass is 10.1. The van der Waals surface area contributed by atoms with Gasteiger partial charge in [0.15, 0.2) is 0 Å². The van der Waals surface area contributed by atoms with Crippen LogP contribution in [0.2, 0.25) is 0 Å². The van der Waals surface area contributed by atoms with Crippen LogP contribution in [0.1, 0.15) is 21.6 Å². The number of carbonyl (C=O) groups is 1. The van der Waals surface area contributed by atoms with Crippen LogP contribution in [-0.2, 0) is 18.3 Å². The van der Waals surface area contributed by atoms with Crippen LogP contribution in [0.5, 0.6) is 0 Å². The fourth-order valence-electron chi connectivity index (χ4n) is 2.19. The van der Waals surface area contributed by atoms with Crippen LogP contribution in [0.25, 0.3) is 10.9 Å². The van der Waals surface area contributed by atoms with Gasteiger partial charge in [0.25, 0.3) is 0 Å². The standard InChI is InChI=1S/C13H16N2O2/c1-8-10-6-9(7-14)4-5-11(10)15(2)12(8)13(16)17-3/h4-6H,7,14H2,1-3H3. The summed E-state index contributed by atoms with van der Waals surface area (Å²) in [5.74, 6) is -0.310. The SMILES string of the molecule is COC(=O)c1c(C)c2cc(CN)ccc2n1C. The molecule has 0 aliphatic heterocycles. The summed E-state index contributed by atoms with van der Waals surface area (Å²) >= 11 is 0. The molecule has 1 aromatic carbocycles. The predicted octanol–water partition coefficient (Wildman–Crippen LogP) is 1.73. The first-order valence-electron chi connectivity index (χ1n) is 5.46. The van der Waals surface area contributed by atoms with Gasteiger partial charge in [-0.05, 0) is 30.2 Å². The third-order valence-corrected chi connectivity index (χ3v) is 3.13. The number of hydrogen-bond donors (Lipinski definition) is 1. The summed E-state index contributed by atoms with van der Waals surface area (Å²) in [6.45, 7) is 2.42. The molecule has 2 rings (SSSR count). The van der Waals surface area contributed by atoms with Gasteiger partial charge in [-0.2, -0.15) is 0 Å². The maximum absolute atomic E-state index is 11.7. The van der Waals surface area contributed by atoms with Crippen molar-refractivity contribution in [1.82, 2.24) is 4.57 Å². The Bertz CT molecular complexity index is 585. The highest BCUT2D eigenvalue weighted by Crippen LogP contribution is 2.26. The molecule has 90 valence electrons. The second kappa shape index (κ2) is 4.22. The zero-order valence-electron chi connectivity index (χ0n) is 10.3. The first-order valence-corrected chi connectivity index (χ1v) is 5.46. The van der Waals surface area contributed by atoms with E-state index in [1.54, 1.807) is 0 Å². The quantitative estimate of drug-likeness (QED) is 0.802. The van der Waals surface area contributed by atoms with Gasteiger partial charge in [-0.3, -0.25) is 0 Å². The molecule has 0 spiro atoms. The number of methoxy groups -OCH3 is 1. The average Bonchev–Trinajstić information content (AvgIpc) is 2.60. The molecule has 0 saturated carbocycles. The van der Waals surface area contributed by atoms with Gasteiger partial charge in [-0.15, -0.1) is 0 Å². The lowest BCUT2D eigenvalue weighted by molar-refractivity contribution is 0.0589. The van der Waals surface area contributed by atoms with Crippen molar-refractivity contribution >= 4 is 16.9 Å². The summed E-state index contributed by atoms with van der Waals surface area (Å²) in [6.07, 6.45) is 0. The number of ether oxygens (including phenoxy) is 1. The smallest absolute Gasteiger partial charge is 0.354 e. The molecule has 4 nitrogen and oxygen atoms in total. The van der Waals surface area contributed by atoms with Gasteiger partial charge in [-0.1, -0.05) is 6.07 Å². The van der Waals surface area contributed by atoms with Gasteiger partial charge in [0.1, 0.15) is 5.69 Å². The van der Waals surface area contributed by atoms with Gasteiger partial charge < -0.3 is 15.0 Å². The third kappa shape index (κ3) is 1.70. The fraction of sp³-hybridized carbons (Fsp3) is 0.308. The molecule has 0 fully saturated rings. The van der Waals surface area contributed by atoms with E-state index in [9.17, 15) is 4.79 Å². The van der Waals surface area contributed by atoms with Crippen molar-refractivity contribution in [2.75, 3.05) is 7.11 Å². The Labute approximate surface area is 100.0 Å². The van der Waals surface area contributed by atoms with Crippen LogP contribution in [0.15, 0.2) is 18.2 Å². The van der Waals surface area contributed by atoms with E-state index in [1.165, 1.54) is 7.11 Å². The molecule has 2 aromatic rings. The summed E-state index contributed by atoms with van der Waals surface area (Å²) in [5.41, 5.74) is 9.22. The van der Waals surface area contributed by atoms with E-state index < -0.39 is 0 Å². The Kier molecular flexibility index (Phi) is 2.90. The predicted molar refractivity (Wildman–Crippen MR) is 66.9 cm³/mol. The van der Waals surface area contributed by atoms with Crippen molar-refractivity contribution in [3.63, 3.8) is 0 Å². The van der Waals surface area contributed by atoms with Gasteiger partial charge in [0.05, 0.1) is 7.11 Å². The zero-order chi connectivity index (χ0) is 12.6. The molecule has 0 amide bonds. The zero-order valence-corrected chi connectivity index (χ0v) is 10.3. The number of nitrogens with zero attached hydrogens (tertiary/aromatic N) is 1. The number of aromatic nitrogens is 1. The number of esters is 1. The number of carbonyl (C=O) groups excluding carboxylic acids is 1. The molecule has 0 bridgehead atoms. The maximum atomic E-state index is 11.7.